The predicted molar refractivity (Wildman–Crippen MR) is 66.1 cm³/mol. The Kier molecular flexibility index (Phi) is 4.31. The third-order valence-corrected chi connectivity index (χ3v) is 2.49. The van der Waals surface area contributed by atoms with Gasteiger partial charge >= 0.3 is 5.97 Å². The van der Waals surface area contributed by atoms with Crippen molar-refractivity contribution < 1.29 is 9.90 Å². The maximum atomic E-state index is 11.1. The number of benzene rings is 1. The Morgan fingerprint density at radius 2 is 2.06 bits per heavy atom. The van der Waals surface area contributed by atoms with E-state index >= 15 is 0 Å². The summed E-state index contributed by atoms with van der Waals surface area (Å²) in [5.74, 6) is -1.19. The van der Waals surface area contributed by atoms with Crippen LogP contribution in [-0.4, -0.2) is 11.1 Å². The smallest absolute Gasteiger partial charge is 0.339 e. The fourth-order valence-corrected chi connectivity index (χ4v) is 1.55. The summed E-state index contributed by atoms with van der Waals surface area (Å²) in [5, 5.41) is 29.0. The molecule has 0 aliphatic heterocycles. The van der Waals surface area contributed by atoms with Gasteiger partial charge in [-0.3, -0.25) is 0 Å². The van der Waals surface area contributed by atoms with Crippen LogP contribution >= 0.6 is 11.6 Å². The molecule has 2 N–H and O–H groups in total. The second kappa shape index (κ2) is 5.72. The summed E-state index contributed by atoms with van der Waals surface area (Å²) in [6, 6.07) is 6.44. The van der Waals surface area contributed by atoms with Crippen LogP contribution in [0.25, 0.3) is 0 Å². The SMILES string of the molecule is Cc1ccc(Cl)c(C(=O)O)c1NC=C(C#N)C#N. The Morgan fingerprint density at radius 3 is 2.56 bits per heavy atom. The number of hydrogen-bond acceptors (Lipinski definition) is 4. The number of anilines is 1. The highest BCUT2D eigenvalue weighted by molar-refractivity contribution is 6.34. The molecule has 1 aromatic carbocycles. The third kappa shape index (κ3) is 2.79. The van der Waals surface area contributed by atoms with Crippen molar-refractivity contribution in [3.8, 4) is 12.1 Å². The minimum Gasteiger partial charge on any atom is -0.478 e. The molecule has 6 heteroatoms. The number of aromatic carboxylic acids is 1. The fraction of sp³-hybridized carbons (Fsp3) is 0.0833. The van der Waals surface area contributed by atoms with E-state index in [1.807, 2.05) is 0 Å². The van der Waals surface area contributed by atoms with Crippen molar-refractivity contribution in [2.24, 2.45) is 0 Å². The molecule has 5 nitrogen and oxygen atoms in total. The quantitative estimate of drug-likeness (QED) is 0.815. The van der Waals surface area contributed by atoms with Crippen LogP contribution in [0.3, 0.4) is 0 Å². The van der Waals surface area contributed by atoms with Gasteiger partial charge in [-0.15, -0.1) is 0 Å². The number of rotatable bonds is 3. The summed E-state index contributed by atoms with van der Waals surface area (Å²) >= 11 is 5.81. The number of halogens is 1. The van der Waals surface area contributed by atoms with Gasteiger partial charge in [0, 0.05) is 6.20 Å². The minimum atomic E-state index is -1.19. The molecule has 0 aliphatic rings. The van der Waals surface area contributed by atoms with E-state index in [0.717, 1.165) is 6.20 Å². The number of nitrogens with one attached hydrogen (secondary N) is 1. The summed E-state index contributed by atoms with van der Waals surface area (Å²) in [4.78, 5) is 11.1. The minimum absolute atomic E-state index is 0.0828. The molecule has 0 spiro atoms. The molecule has 90 valence electrons. The van der Waals surface area contributed by atoms with Gasteiger partial charge in [-0.2, -0.15) is 10.5 Å². The molecule has 0 saturated carbocycles. The van der Waals surface area contributed by atoms with Crippen molar-refractivity contribution >= 4 is 23.3 Å². The molecule has 0 heterocycles. The molecule has 0 fully saturated rings. The lowest BCUT2D eigenvalue weighted by molar-refractivity contribution is 0.0698. The molecule has 0 saturated heterocycles. The van der Waals surface area contributed by atoms with Gasteiger partial charge in [0.05, 0.1) is 10.7 Å². The number of nitrogens with zero attached hydrogens (tertiary/aromatic N) is 2. The van der Waals surface area contributed by atoms with Gasteiger partial charge in [0.1, 0.15) is 23.3 Å². The highest BCUT2D eigenvalue weighted by Crippen LogP contribution is 2.28. The molecular weight excluding hydrogens is 254 g/mol. The van der Waals surface area contributed by atoms with Gasteiger partial charge in [-0.05, 0) is 18.6 Å². The van der Waals surface area contributed by atoms with Crippen LogP contribution in [0, 0.1) is 29.6 Å². The van der Waals surface area contributed by atoms with Crippen LogP contribution in [0.5, 0.6) is 0 Å². The number of carboxylic acids is 1. The molecule has 0 amide bonds. The van der Waals surface area contributed by atoms with Gasteiger partial charge in [-0.1, -0.05) is 17.7 Å². The number of carboxylic acid groups (broad SMARTS) is 1. The van der Waals surface area contributed by atoms with Gasteiger partial charge < -0.3 is 10.4 Å². The van der Waals surface area contributed by atoms with E-state index in [0.29, 0.717) is 5.56 Å². The van der Waals surface area contributed by atoms with E-state index in [-0.39, 0.29) is 21.8 Å². The Hall–Kier alpha value is -2.50. The lowest BCUT2D eigenvalue weighted by atomic mass is 10.1. The zero-order chi connectivity index (χ0) is 13.7. The highest BCUT2D eigenvalue weighted by Gasteiger charge is 2.16. The molecule has 1 aromatic rings. The van der Waals surface area contributed by atoms with Gasteiger partial charge in [0.15, 0.2) is 0 Å². The zero-order valence-corrected chi connectivity index (χ0v) is 10.1. The highest BCUT2D eigenvalue weighted by atomic mass is 35.5. The maximum absolute atomic E-state index is 11.1. The number of allylic oxidation sites excluding steroid dienone is 1. The molecule has 18 heavy (non-hydrogen) atoms. The van der Waals surface area contributed by atoms with Crippen molar-refractivity contribution in [1.29, 1.82) is 10.5 Å². The fourth-order valence-electron chi connectivity index (χ4n) is 1.31. The number of carbonyl (C=O) groups is 1. The van der Waals surface area contributed by atoms with E-state index in [4.69, 9.17) is 27.2 Å². The first kappa shape index (κ1) is 13.6. The molecule has 1 rings (SSSR count). The summed E-state index contributed by atoms with van der Waals surface area (Å²) < 4.78 is 0. The summed E-state index contributed by atoms with van der Waals surface area (Å²) in [6.07, 6.45) is 1.14. The Balaban J connectivity index is 3.30. The molecule has 0 bridgehead atoms. The maximum Gasteiger partial charge on any atom is 0.339 e. The van der Waals surface area contributed by atoms with Gasteiger partial charge in [-0.25, -0.2) is 4.79 Å². The van der Waals surface area contributed by atoms with Crippen LogP contribution in [0.4, 0.5) is 5.69 Å². The number of nitriles is 2. The Morgan fingerprint density at radius 1 is 1.44 bits per heavy atom. The van der Waals surface area contributed by atoms with E-state index in [2.05, 4.69) is 5.32 Å². The topological polar surface area (TPSA) is 96.9 Å². The normalized spacial score (nSPS) is 8.89. The van der Waals surface area contributed by atoms with Crippen LogP contribution in [0.2, 0.25) is 5.02 Å². The second-order valence-electron chi connectivity index (χ2n) is 3.35. The average Bonchev–Trinajstić information content (AvgIpc) is 2.34. The van der Waals surface area contributed by atoms with Crippen molar-refractivity contribution in [2.75, 3.05) is 5.32 Å². The molecular formula is C12H8ClN3O2. The zero-order valence-electron chi connectivity index (χ0n) is 9.36. The van der Waals surface area contributed by atoms with Crippen molar-refractivity contribution in [3.05, 3.63) is 40.1 Å². The van der Waals surface area contributed by atoms with E-state index in [9.17, 15) is 4.79 Å². The lowest BCUT2D eigenvalue weighted by Gasteiger charge is -2.10. The predicted octanol–water partition coefficient (Wildman–Crippen LogP) is 2.69. The van der Waals surface area contributed by atoms with Gasteiger partial charge in [0.2, 0.25) is 0 Å². The lowest BCUT2D eigenvalue weighted by Crippen LogP contribution is -2.05. The molecule has 0 radical (unpaired) electrons. The van der Waals surface area contributed by atoms with Gasteiger partial charge in [0.25, 0.3) is 0 Å². The molecule has 0 aliphatic carbocycles. The van der Waals surface area contributed by atoms with Crippen LogP contribution in [0.15, 0.2) is 23.9 Å². The van der Waals surface area contributed by atoms with Crippen LogP contribution in [0.1, 0.15) is 15.9 Å². The molecule has 0 unspecified atom stereocenters. The van der Waals surface area contributed by atoms with Crippen molar-refractivity contribution in [2.45, 2.75) is 6.92 Å². The Labute approximate surface area is 109 Å². The third-order valence-electron chi connectivity index (χ3n) is 2.18. The largest absolute Gasteiger partial charge is 0.478 e. The summed E-state index contributed by atoms with van der Waals surface area (Å²) in [7, 11) is 0. The first-order chi connectivity index (χ1) is 8.51. The summed E-state index contributed by atoms with van der Waals surface area (Å²) in [5.41, 5.74) is 0.648. The molecule has 0 aromatic heterocycles. The first-order valence-electron chi connectivity index (χ1n) is 4.80. The first-order valence-corrected chi connectivity index (χ1v) is 5.18. The summed E-state index contributed by atoms with van der Waals surface area (Å²) in [6.45, 7) is 1.69. The second-order valence-corrected chi connectivity index (χ2v) is 3.75. The Bertz CT molecular complexity index is 593. The van der Waals surface area contributed by atoms with E-state index in [1.165, 1.54) is 6.07 Å². The monoisotopic (exact) mass is 261 g/mol. The van der Waals surface area contributed by atoms with E-state index in [1.54, 1.807) is 25.1 Å². The van der Waals surface area contributed by atoms with Crippen LogP contribution < -0.4 is 5.32 Å². The van der Waals surface area contributed by atoms with Crippen molar-refractivity contribution in [3.63, 3.8) is 0 Å². The van der Waals surface area contributed by atoms with Crippen LogP contribution in [-0.2, 0) is 0 Å². The van der Waals surface area contributed by atoms with Crippen molar-refractivity contribution in [1.82, 2.24) is 0 Å². The molecule has 0 atom stereocenters. The average molecular weight is 262 g/mol. The number of hydrogen-bond donors (Lipinski definition) is 2. The van der Waals surface area contributed by atoms with E-state index < -0.39 is 5.97 Å². The standard InChI is InChI=1S/C12H8ClN3O2/c1-7-2-3-9(13)10(12(17)18)11(7)16-6-8(4-14)5-15/h2-3,6,16H,1H3,(H,17,18). The number of aryl methyl sites for hydroxylation is 1.